The third kappa shape index (κ3) is 5.81. The summed E-state index contributed by atoms with van der Waals surface area (Å²) in [5, 5.41) is 14.5. The van der Waals surface area contributed by atoms with Crippen LogP contribution in [-0.4, -0.2) is 33.4 Å². The quantitative estimate of drug-likeness (QED) is 0.242. The maximum Gasteiger partial charge on any atom is 0.240 e. The lowest BCUT2D eigenvalue weighted by Gasteiger charge is -2.06. The van der Waals surface area contributed by atoms with Gasteiger partial charge in [-0.3, -0.25) is 9.59 Å². The Morgan fingerprint density at radius 1 is 1.06 bits per heavy atom. The molecule has 0 bridgehead atoms. The summed E-state index contributed by atoms with van der Waals surface area (Å²) in [5.41, 5.74) is 3.57. The van der Waals surface area contributed by atoms with Crippen molar-refractivity contribution in [2.45, 2.75) is 18.3 Å². The van der Waals surface area contributed by atoms with Crippen molar-refractivity contribution in [3.63, 3.8) is 0 Å². The van der Waals surface area contributed by atoms with Gasteiger partial charge in [0.05, 0.1) is 6.21 Å². The summed E-state index contributed by atoms with van der Waals surface area (Å²) in [6.07, 6.45) is 3.50. The minimum atomic E-state index is -0.555. The Balaban J connectivity index is 1.20. The van der Waals surface area contributed by atoms with Crippen molar-refractivity contribution >= 4 is 51.5 Å². The number of thioether (sulfide) groups is 1. The number of hydrogen-bond donors (Lipinski definition) is 3. The number of rotatable bonds is 8. The molecule has 2 amide bonds. The van der Waals surface area contributed by atoms with Gasteiger partial charge in [-0.25, -0.2) is 0 Å². The van der Waals surface area contributed by atoms with Crippen LogP contribution in [0, 0.1) is 0 Å². The third-order valence-electron chi connectivity index (χ3n) is 5.48. The average Bonchev–Trinajstić information content (AvgIpc) is 3.46. The monoisotopic (exact) mass is 497 g/mol. The number of H-pyrrole nitrogens is 1. The molecule has 4 aromatic rings. The number of aromatic amines is 1. The van der Waals surface area contributed by atoms with Gasteiger partial charge in [-0.05, 0) is 35.9 Å². The van der Waals surface area contributed by atoms with Crippen LogP contribution in [0.5, 0.6) is 5.75 Å². The second kappa shape index (κ2) is 10.9. The van der Waals surface area contributed by atoms with E-state index in [1.807, 2.05) is 72.9 Å². The highest BCUT2D eigenvalue weighted by atomic mass is 32.2. The smallest absolute Gasteiger partial charge is 0.240 e. The number of amides is 2. The van der Waals surface area contributed by atoms with Crippen molar-refractivity contribution in [3.8, 4) is 5.75 Å². The second-order valence-corrected chi connectivity index (χ2v) is 9.28. The van der Waals surface area contributed by atoms with Gasteiger partial charge in [0.2, 0.25) is 11.8 Å². The molecule has 180 valence electrons. The number of aromatic nitrogens is 1. The molecule has 3 N–H and O–H groups in total. The SMILES string of the molecule is O=C(C[C@H]1S/C(=N\N=C/c2c[nH]c3ccc(OCc4ccccc4)cc23)NC1=O)Nc1ccccc1. The van der Waals surface area contributed by atoms with E-state index in [4.69, 9.17) is 4.74 Å². The molecule has 1 aromatic heterocycles. The molecule has 0 saturated carbocycles. The molecule has 8 nitrogen and oxygen atoms in total. The van der Waals surface area contributed by atoms with E-state index in [0.29, 0.717) is 17.5 Å². The van der Waals surface area contributed by atoms with Crippen LogP contribution in [0.3, 0.4) is 0 Å². The van der Waals surface area contributed by atoms with Gasteiger partial charge in [0.1, 0.15) is 17.6 Å². The van der Waals surface area contributed by atoms with Gasteiger partial charge in [-0.2, -0.15) is 5.10 Å². The van der Waals surface area contributed by atoms with Gasteiger partial charge in [0.25, 0.3) is 0 Å². The zero-order valence-electron chi connectivity index (χ0n) is 19.2. The van der Waals surface area contributed by atoms with Gasteiger partial charge in [0, 0.05) is 34.8 Å². The first-order valence-electron chi connectivity index (χ1n) is 11.4. The van der Waals surface area contributed by atoms with Crippen LogP contribution in [0.1, 0.15) is 17.5 Å². The van der Waals surface area contributed by atoms with Crippen molar-refractivity contribution in [2.24, 2.45) is 10.2 Å². The summed E-state index contributed by atoms with van der Waals surface area (Å²) in [6.45, 7) is 0.481. The molecule has 0 radical (unpaired) electrons. The van der Waals surface area contributed by atoms with E-state index in [0.717, 1.165) is 27.8 Å². The Bertz CT molecular complexity index is 1430. The van der Waals surface area contributed by atoms with E-state index < -0.39 is 5.25 Å². The molecular weight excluding hydrogens is 474 g/mol. The van der Waals surface area contributed by atoms with E-state index in [1.54, 1.807) is 18.3 Å². The van der Waals surface area contributed by atoms with E-state index in [-0.39, 0.29) is 18.2 Å². The molecule has 5 rings (SSSR count). The fourth-order valence-corrected chi connectivity index (χ4v) is 4.61. The van der Waals surface area contributed by atoms with Crippen molar-refractivity contribution in [1.82, 2.24) is 10.3 Å². The molecule has 1 aliphatic rings. The molecule has 1 fully saturated rings. The topological polar surface area (TPSA) is 108 Å². The highest BCUT2D eigenvalue weighted by molar-refractivity contribution is 8.15. The molecule has 3 aromatic carbocycles. The lowest BCUT2D eigenvalue weighted by atomic mass is 10.2. The Morgan fingerprint density at radius 2 is 1.83 bits per heavy atom. The number of para-hydroxylation sites is 1. The van der Waals surface area contributed by atoms with E-state index >= 15 is 0 Å². The highest BCUT2D eigenvalue weighted by Crippen LogP contribution is 2.25. The number of carbonyl (C=O) groups excluding carboxylic acids is 2. The molecule has 1 atom stereocenters. The summed E-state index contributed by atoms with van der Waals surface area (Å²) in [6, 6.07) is 24.9. The molecule has 36 heavy (non-hydrogen) atoms. The van der Waals surface area contributed by atoms with Gasteiger partial charge in [0.15, 0.2) is 5.17 Å². The van der Waals surface area contributed by atoms with Gasteiger partial charge in [-0.1, -0.05) is 60.3 Å². The van der Waals surface area contributed by atoms with Crippen molar-refractivity contribution in [1.29, 1.82) is 0 Å². The second-order valence-electron chi connectivity index (χ2n) is 8.09. The van der Waals surface area contributed by atoms with Crippen LogP contribution >= 0.6 is 11.8 Å². The number of fused-ring (bicyclic) bond motifs is 1. The summed E-state index contributed by atoms with van der Waals surface area (Å²) < 4.78 is 5.93. The number of nitrogens with one attached hydrogen (secondary N) is 3. The van der Waals surface area contributed by atoms with Crippen LogP contribution in [0.2, 0.25) is 0 Å². The Hall–Kier alpha value is -4.37. The van der Waals surface area contributed by atoms with Crippen LogP contribution in [0.15, 0.2) is 95.3 Å². The fraction of sp³-hybridized carbons (Fsp3) is 0.111. The number of hydrogen-bond acceptors (Lipinski definition) is 6. The van der Waals surface area contributed by atoms with Gasteiger partial charge >= 0.3 is 0 Å². The molecule has 0 spiro atoms. The number of nitrogens with zero attached hydrogens (tertiary/aromatic N) is 2. The maximum atomic E-state index is 12.3. The Kier molecular flexibility index (Phi) is 7.09. The van der Waals surface area contributed by atoms with Crippen LogP contribution < -0.4 is 15.4 Å². The molecule has 1 aliphatic heterocycles. The largest absolute Gasteiger partial charge is 0.489 e. The number of carbonyl (C=O) groups is 2. The highest BCUT2D eigenvalue weighted by Gasteiger charge is 2.32. The number of ether oxygens (including phenoxy) is 1. The van der Waals surface area contributed by atoms with E-state index in [9.17, 15) is 9.59 Å². The standard InChI is InChI=1S/C27H23N5O3S/c33-25(30-20-9-5-2-6-10-20)14-24-26(34)31-27(36-24)32-29-16-19-15-28-23-12-11-21(13-22(19)23)35-17-18-7-3-1-4-8-18/h1-13,15-16,24,28H,14,17H2,(H,30,33)(H,31,32,34)/b29-16-/t24-/m1/s1. The number of benzene rings is 3. The number of anilines is 1. The summed E-state index contributed by atoms with van der Waals surface area (Å²) in [7, 11) is 0. The average molecular weight is 498 g/mol. The van der Waals surface area contributed by atoms with Crippen molar-refractivity contribution in [3.05, 3.63) is 96.2 Å². The molecule has 0 aliphatic carbocycles. The normalized spacial score (nSPS) is 16.5. The lowest BCUT2D eigenvalue weighted by molar-refractivity contribution is -0.122. The third-order valence-corrected chi connectivity index (χ3v) is 6.56. The predicted octanol–water partition coefficient (Wildman–Crippen LogP) is 4.70. The molecule has 2 heterocycles. The summed E-state index contributed by atoms with van der Waals surface area (Å²) in [4.78, 5) is 27.8. The summed E-state index contributed by atoms with van der Waals surface area (Å²) in [5.74, 6) is 0.259. The minimum Gasteiger partial charge on any atom is -0.489 e. The van der Waals surface area contributed by atoms with Crippen LogP contribution in [0.25, 0.3) is 10.9 Å². The fourth-order valence-electron chi connectivity index (χ4n) is 3.69. The molecule has 1 saturated heterocycles. The zero-order chi connectivity index (χ0) is 24.7. The first-order valence-corrected chi connectivity index (χ1v) is 12.2. The minimum absolute atomic E-state index is 0.0440. The predicted molar refractivity (Wildman–Crippen MR) is 143 cm³/mol. The first kappa shape index (κ1) is 23.4. The molecule has 0 unspecified atom stereocenters. The maximum absolute atomic E-state index is 12.3. The van der Waals surface area contributed by atoms with Crippen LogP contribution in [-0.2, 0) is 16.2 Å². The van der Waals surface area contributed by atoms with Crippen molar-refractivity contribution < 1.29 is 14.3 Å². The Morgan fingerprint density at radius 3 is 2.64 bits per heavy atom. The number of amidine groups is 1. The van der Waals surface area contributed by atoms with Gasteiger partial charge < -0.3 is 20.4 Å². The van der Waals surface area contributed by atoms with E-state index in [1.165, 1.54) is 11.8 Å². The summed E-state index contributed by atoms with van der Waals surface area (Å²) >= 11 is 1.19. The Labute approximate surface area is 211 Å². The lowest BCUT2D eigenvalue weighted by Crippen LogP contribution is -2.28. The van der Waals surface area contributed by atoms with Crippen molar-refractivity contribution in [2.75, 3.05) is 5.32 Å². The first-order chi connectivity index (χ1) is 17.6. The molecular formula is C27H23N5O3S. The van der Waals surface area contributed by atoms with Gasteiger partial charge in [-0.15, -0.1) is 5.10 Å². The molecule has 9 heteroatoms. The van der Waals surface area contributed by atoms with Crippen LogP contribution in [0.4, 0.5) is 5.69 Å². The van der Waals surface area contributed by atoms with E-state index in [2.05, 4.69) is 25.8 Å². The zero-order valence-corrected chi connectivity index (χ0v) is 20.0.